The number of halogens is 1. The molecule has 0 aliphatic carbocycles. The number of nitro benzene ring substituents is 1. The maximum absolute atomic E-state index is 13.3. The molecule has 28 heavy (non-hydrogen) atoms. The number of hydrogen-bond acceptors (Lipinski definition) is 5. The van der Waals surface area contributed by atoms with E-state index in [0.29, 0.717) is 16.9 Å². The van der Waals surface area contributed by atoms with Gasteiger partial charge in [-0.3, -0.25) is 14.9 Å². The van der Waals surface area contributed by atoms with Crippen molar-refractivity contribution in [2.24, 2.45) is 0 Å². The van der Waals surface area contributed by atoms with Crippen LogP contribution in [0.5, 0.6) is 11.6 Å². The van der Waals surface area contributed by atoms with Crippen molar-refractivity contribution in [1.82, 2.24) is 10.3 Å². The van der Waals surface area contributed by atoms with Crippen molar-refractivity contribution in [3.63, 3.8) is 0 Å². The molecule has 7 nitrogen and oxygen atoms in total. The Labute approximate surface area is 160 Å². The molecule has 0 saturated heterocycles. The summed E-state index contributed by atoms with van der Waals surface area (Å²) in [6.45, 7) is 0.171. The zero-order valence-corrected chi connectivity index (χ0v) is 14.7. The zero-order valence-electron chi connectivity index (χ0n) is 14.7. The van der Waals surface area contributed by atoms with Gasteiger partial charge in [0.15, 0.2) is 0 Å². The van der Waals surface area contributed by atoms with Crippen molar-refractivity contribution in [3.8, 4) is 11.6 Å². The Morgan fingerprint density at radius 3 is 2.64 bits per heavy atom. The second kappa shape index (κ2) is 8.72. The Balaban J connectivity index is 1.61. The Kier molecular flexibility index (Phi) is 5.91. The van der Waals surface area contributed by atoms with E-state index in [1.165, 1.54) is 36.5 Å². The fraction of sp³-hybridized carbons (Fsp3) is 0.100. The maximum Gasteiger partial charge on any atom is 0.269 e. The van der Waals surface area contributed by atoms with Gasteiger partial charge in [-0.05, 0) is 23.8 Å². The van der Waals surface area contributed by atoms with Gasteiger partial charge in [-0.25, -0.2) is 9.37 Å². The molecule has 1 N–H and O–H groups in total. The van der Waals surface area contributed by atoms with Gasteiger partial charge in [0, 0.05) is 36.5 Å². The van der Waals surface area contributed by atoms with Crippen molar-refractivity contribution in [3.05, 3.63) is 93.9 Å². The molecule has 0 radical (unpaired) electrons. The Morgan fingerprint density at radius 1 is 1.14 bits per heavy atom. The molecule has 0 aliphatic rings. The molecule has 0 fully saturated rings. The van der Waals surface area contributed by atoms with Crippen LogP contribution < -0.4 is 10.1 Å². The average molecular weight is 381 g/mol. The number of rotatable bonds is 7. The maximum atomic E-state index is 13.3. The lowest BCUT2D eigenvalue weighted by molar-refractivity contribution is -0.384. The fourth-order valence-corrected chi connectivity index (χ4v) is 2.47. The van der Waals surface area contributed by atoms with E-state index in [2.05, 4.69) is 10.3 Å². The molecule has 2 aromatic carbocycles. The SMILES string of the molecule is O=C(Cc1ccc([N+](=O)[O-])cc1)NCc1cccnc1Oc1cccc(F)c1. The first kappa shape index (κ1) is 19.0. The number of ether oxygens (including phenoxy) is 1. The summed E-state index contributed by atoms with van der Waals surface area (Å²) < 4.78 is 18.9. The minimum atomic E-state index is -0.494. The van der Waals surface area contributed by atoms with E-state index >= 15 is 0 Å². The third-order valence-electron chi connectivity index (χ3n) is 3.85. The van der Waals surface area contributed by atoms with E-state index in [-0.39, 0.29) is 30.4 Å². The number of hydrogen-bond donors (Lipinski definition) is 1. The molecule has 8 heteroatoms. The highest BCUT2D eigenvalue weighted by Crippen LogP contribution is 2.23. The van der Waals surface area contributed by atoms with Gasteiger partial charge in [0.1, 0.15) is 11.6 Å². The molecule has 0 atom stereocenters. The van der Waals surface area contributed by atoms with Crippen LogP contribution in [-0.4, -0.2) is 15.8 Å². The Hall–Kier alpha value is -3.81. The molecule has 0 saturated carbocycles. The predicted octanol–water partition coefficient (Wildman–Crippen LogP) is 3.78. The molecule has 3 aromatic rings. The van der Waals surface area contributed by atoms with E-state index in [1.807, 2.05) is 0 Å². The van der Waals surface area contributed by atoms with Gasteiger partial charge in [0.05, 0.1) is 11.3 Å². The molecule has 1 amide bonds. The summed E-state index contributed by atoms with van der Waals surface area (Å²) in [6, 6.07) is 14.9. The number of amides is 1. The number of nitrogens with one attached hydrogen (secondary N) is 1. The molecule has 0 bridgehead atoms. The van der Waals surface area contributed by atoms with Crippen molar-refractivity contribution in [2.45, 2.75) is 13.0 Å². The van der Waals surface area contributed by atoms with Crippen LogP contribution in [0.2, 0.25) is 0 Å². The number of carbonyl (C=O) groups is 1. The summed E-state index contributed by atoms with van der Waals surface area (Å²) in [7, 11) is 0. The molecule has 0 spiro atoms. The highest BCUT2D eigenvalue weighted by atomic mass is 19.1. The van der Waals surface area contributed by atoms with Crippen LogP contribution in [0.25, 0.3) is 0 Å². The summed E-state index contributed by atoms with van der Waals surface area (Å²) in [5.74, 6) is -0.110. The standard InChI is InChI=1S/C20H16FN3O4/c21-16-4-1-5-18(12-16)28-20-15(3-2-10-22-20)13-23-19(25)11-14-6-8-17(9-7-14)24(26)27/h1-10,12H,11,13H2,(H,23,25). The summed E-state index contributed by atoms with van der Waals surface area (Å²) >= 11 is 0. The van der Waals surface area contributed by atoms with Gasteiger partial charge in [0.25, 0.3) is 5.69 Å². The summed E-state index contributed by atoms with van der Waals surface area (Å²) in [5, 5.41) is 13.4. The molecule has 142 valence electrons. The normalized spacial score (nSPS) is 10.3. The van der Waals surface area contributed by atoms with Crippen LogP contribution in [0.1, 0.15) is 11.1 Å². The van der Waals surface area contributed by atoms with Crippen LogP contribution in [0.3, 0.4) is 0 Å². The smallest absolute Gasteiger partial charge is 0.269 e. The van der Waals surface area contributed by atoms with Crippen LogP contribution in [0, 0.1) is 15.9 Å². The second-order valence-corrected chi connectivity index (χ2v) is 5.90. The summed E-state index contributed by atoms with van der Waals surface area (Å²) in [4.78, 5) is 26.5. The Morgan fingerprint density at radius 2 is 1.93 bits per heavy atom. The van der Waals surface area contributed by atoms with Gasteiger partial charge in [-0.1, -0.05) is 24.3 Å². The molecule has 0 aliphatic heterocycles. The van der Waals surface area contributed by atoms with Crippen molar-refractivity contribution >= 4 is 11.6 Å². The molecule has 0 unspecified atom stereocenters. The molecule has 1 heterocycles. The van der Waals surface area contributed by atoms with Crippen molar-refractivity contribution in [2.75, 3.05) is 0 Å². The second-order valence-electron chi connectivity index (χ2n) is 5.90. The number of carbonyl (C=O) groups excluding carboxylic acids is 1. The molecule has 3 rings (SSSR count). The van der Waals surface area contributed by atoms with Gasteiger partial charge >= 0.3 is 0 Å². The van der Waals surface area contributed by atoms with E-state index in [4.69, 9.17) is 4.74 Å². The van der Waals surface area contributed by atoms with Crippen LogP contribution in [0.15, 0.2) is 66.9 Å². The number of non-ortho nitro benzene ring substituents is 1. The highest BCUT2D eigenvalue weighted by molar-refractivity contribution is 5.78. The highest BCUT2D eigenvalue weighted by Gasteiger charge is 2.10. The first-order valence-corrected chi connectivity index (χ1v) is 8.38. The largest absolute Gasteiger partial charge is 0.439 e. The van der Waals surface area contributed by atoms with E-state index in [0.717, 1.165) is 0 Å². The van der Waals surface area contributed by atoms with E-state index < -0.39 is 10.7 Å². The first-order valence-electron chi connectivity index (χ1n) is 8.38. The lowest BCUT2D eigenvalue weighted by Gasteiger charge is -2.11. The number of aromatic nitrogens is 1. The quantitative estimate of drug-likeness (QED) is 0.496. The number of nitrogens with zero attached hydrogens (tertiary/aromatic N) is 2. The van der Waals surface area contributed by atoms with Crippen molar-refractivity contribution in [1.29, 1.82) is 0 Å². The number of nitro groups is 1. The number of benzene rings is 2. The fourth-order valence-electron chi connectivity index (χ4n) is 2.47. The molecular formula is C20H16FN3O4. The minimum absolute atomic E-state index is 0.0290. The van der Waals surface area contributed by atoms with Crippen LogP contribution in [0.4, 0.5) is 10.1 Å². The van der Waals surface area contributed by atoms with Crippen molar-refractivity contribution < 1.29 is 18.8 Å². The van der Waals surface area contributed by atoms with Crippen LogP contribution in [-0.2, 0) is 17.8 Å². The van der Waals surface area contributed by atoms with Gasteiger partial charge < -0.3 is 10.1 Å². The molecular weight excluding hydrogens is 365 g/mol. The minimum Gasteiger partial charge on any atom is -0.439 e. The Bertz CT molecular complexity index is 993. The van der Waals surface area contributed by atoms with Gasteiger partial charge in [-0.15, -0.1) is 0 Å². The summed E-state index contributed by atoms with van der Waals surface area (Å²) in [6.07, 6.45) is 1.62. The monoisotopic (exact) mass is 381 g/mol. The topological polar surface area (TPSA) is 94.4 Å². The van der Waals surface area contributed by atoms with E-state index in [9.17, 15) is 19.3 Å². The molecule has 1 aromatic heterocycles. The lowest BCUT2D eigenvalue weighted by atomic mass is 10.1. The number of pyridine rings is 1. The average Bonchev–Trinajstić information content (AvgIpc) is 2.68. The third kappa shape index (κ3) is 5.10. The van der Waals surface area contributed by atoms with Gasteiger partial charge in [0.2, 0.25) is 11.8 Å². The van der Waals surface area contributed by atoms with Crippen LogP contribution >= 0.6 is 0 Å². The zero-order chi connectivity index (χ0) is 19.9. The summed E-state index contributed by atoms with van der Waals surface area (Å²) in [5.41, 5.74) is 1.26. The van der Waals surface area contributed by atoms with E-state index in [1.54, 1.807) is 30.3 Å². The lowest BCUT2D eigenvalue weighted by Crippen LogP contribution is -2.24. The third-order valence-corrected chi connectivity index (χ3v) is 3.85. The first-order chi connectivity index (χ1) is 13.5. The van der Waals surface area contributed by atoms with Gasteiger partial charge in [-0.2, -0.15) is 0 Å². The predicted molar refractivity (Wildman–Crippen MR) is 99.4 cm³/mol.